The zero-order valence-corrected chi connectivity index (χ0v) is 14.1. The molecule has 1 aromatic heterocycles. The highest BCUT2D eigenvalue weighted by Crippen LogP contribution is 2.19. The molecule has 0 radical (unpaired) electrons. The number of carbonyl (C=O) groups is 2. The molecular formula is C19H21N3O3. The van der Waals surface area contributed by atoms with E-state index in [1.807, 2.05) is 24.3 Å². The molecule has 1 aromatic carbocycles. The van der Waals surface area contributed by atoms with Gasteiger partial charge in [-0.05, 0) is 49.1 Å². The summed E-state index contributed by atoms with van der Waals surface area (Å²) in [5.41, 5.74) is 1.81. The predicted octanol–water partition coefficient (Wildman–Crippen LogP) is 1.95. The number of hydrogen-bond acceptors (Lipinski definition) is 4. The molecule has 25 heavy (non-hydrogen) atoms. The minimum absolute atomic E-state index is 0.155. The van der Waals surface area contributed by atoms with E-state index in [-0.39, 0.29) is 23.6 Å². The van der Waals surface area contributed by atoms with E-state index >= 15 is 0 Å². The molecule has 6 heteroatoms. The summed E-state index contributed by atoms with van der Waals surface area (Å²) >= 11 is 0. The molecule has 0 unspecified atom stereocenters. The molecule has 2 amide bonds. The van der Waals surface area contributed by atoms with Crippen molar-refractivity contribution in [3.63, 3.8) is 0 Å². The number of pyridine rings is 1. The number of methoxy groups -OCH3 is 1. The molecule has 2 N–H and O–H groups in total. The summed E-state index contributed by atoms with van der Waals surface area (Å²) in [5.74, 6) is 0.366. The van der Waals surface area contributed by atoms with Crippen molar-refractivity contribution in [1.82, 2.24) is 15.6 Å². The van der Waals surface area contributed by atoms with Gasteiger partial charge in [0.05, 0.1) is 7.11 Å². The fourth-order valence-corrected chi connectivity index (χ4v) is 2.40. The standard InChI is InChI=1S/C19H21N3O3/c1-25-16-6-2-13(3-7-16)8-10-21-19(24)17-12-14(9-11-20-17)18(23)22-15-4-5-15/h2-3,6-7,9,11-12,15H,4-5,8,10H2,1H3,(H,21,24)(H,22,23). The molecule has 2 aromatic rings. The number of aromatic nitrogens is 1. The normalized spacial score (nSPS) is 13.2. The molecule has 0 spiro atoms. The van der Waals surface area contributed by atoms with Crippen LogP contribution in [0.4, 0.5) is 0 Å². The minimum atomic E-state index is -0.283. The molecule has 1 fully saturated rings. The molecule has 0 bridgehead atoms. The van der Waals surface area contributed by atoms with Gasteiger partial charge in [0.2, 0.25) is 0 Å². The maximum absolute atomic E-state index is 12.2. The van der Waals surface area contributed by atoms with Crippen LogP contribution in [0.25, 0.3) is 0 Å². The second kappa shape index (κ2) is 7.79. The highest BCUT2D eigenvalue weighted by atomic mass is 16.5. The first-order valence-corrected chi connectivity index (χ1v) is 8.34. The molecule has 1 saturated carbocycles. The van der Waals surface area contributed by atoms with Crippen molar-refractivity contribution < 1.29 is 14.3 Å². The van der Waals surface area contributed by atoms with Gasteiger partial charge < -0.3 is 15.4 Å². The number of hydrogen-bond donors (Lipinski definition) is 2. The SMILES string of the molecule is COc1ccc(CCNC(=O)c2cc(C(=O)NC3CC3)ccn2)cc1. The van der Waals surface area contributed by atoms with E-state index in [4.69, 9.17) is 4.74 Å². The highest BCUT2D eigenvalue weighted by molar-refractivity contribution is 5.98. The Bertz CT molecular complexity index is 755. The Morgan fingerprint density at radius 3 is 2.60 bits per heavy atom. The van der Waals surface area contributed by atoms with Gasteiger partial charge in [0, 0.05) is 24.3 Å². The highest BCUT2D eigenvalue weighted by Gasteiger charge is 2.24. The molecule has 0 saturated heterocycles. The lowest BCUT2D eigenvalue weighted by atomic mass is 10.1. The van der Waals surface area contributed by atoms with Gasteiger partial charge in [-0.2, -0.15) is 0 Å². The molecule has 0 atom stereocenters. The van der Waals surface area contributed by atoms with Gasteiger partial charge in [0.25, 0.3) is 11.8 Å². The van der Waals surface area contributed by atoms with Crippen LogP contribution in [-0.4, -0.2) is 36.5 Å². The first kappa shape index (κ1) is 17.0. The van der Waals surface area contributed by atoms with Gasteiger partial charge in [-0.15, -0.1) is 0 Å². The van der Waals surface area contributed by atoms with Crippen molar-refractivity contribution in [3.05, 3.63) is 59.4 Å². The van der Waals surface area contributed by atoms with Crippen LogP contribution in [0.3, 0.4) is 0 Å². The first-order valence-electron chi connectivity index (χ1n) is 8.34. The first-order chi connectivity index (χ1) is 12.2. The molecular weight excluding hydrogens is 318 g/mol. The van der Waals surface area contributed by atoms with E-state index in [0.29, 0.717) is 18.5 Å². The van der Waals surface area contributed by atoms with E-state index in [9.17, 15) is 9.59 Å². The summed E-state index contributed by atoms with van der Waals surface area (Å²) in [6.07, 6.45) is 4.24. The Morgan fingerprint density at radius 2 is 1.92 bits per heavy atom. The summed E-state index contributed by atoms with van der Waals surface area (Å²) in [6, 6.07) is 11.1. The van der Waals surface area contributed by atoms with Crippen LogP contribution in [0, 0.1) is 0 Å². The van der Waals surface area contributed by atoms with Crippen LogP contribution in [0.15, 0.2) is 42.6 Å². The van der Waals surface area contributed by atoms with E-state index < -0.39 is 0 Å². The van der Waals surface area contributed by atoms with Gasteiger partial charge in [-0.1, -0.05) is 12.1 Å². The Labute approximate surface area is 146 Å². The van der Waals surface area contributed by atoms with Crippen molar-refractivity contribution in [2.24, 2.45) is 0 Å². The maximum atomic E-state index is 12.2. The van der Waals surface area contributed by atoms with Crippen LogP contribution in [0.1, 0.15) is 39.3 Å². The topological polar surface area (TPSA) is 80.3 Å². The van der Waals surface area contributed by atoms with E-state index in [2.05, 4.69) is 15.6 Å². The number of ether oxygens (including phenoxy) is 1. The number of nitrogens with zero attached hydrogens (tertiary/aromatic N) is 1. The number of nitrogens with one attached hydrogen (secondary N) is 2. The molecule has 6 nitrogen and oxygen atoms in total. The third kappa shape index (κ3) is 4.79. The van der Waals surface area contributed by atoms with Gasteiger partial charge in [0.15, 0.2) is 0 Å². The lowest BCUT2D eigenvalue weighted by molar-refractivity contribution is 0.0949. The van der Waals surface area contributed by atoms with Gasteiger partial charge in [0.1, 0.15) is 11.4 Å². The van der Waals surface area contributed by atoms with Gasteiger partial charge in [-0.3, -0.25) is 14.6 Å². The van der Waals surface area contributed by atoms with Crippen molar-refractivity contribution >= 4 is 11.8 Å². The smallest absolute Gasteiger partial charge is 0.269 e. The van der Waals surface area contributed by atoms with E-state index in [1.54, 1.807) is 13.2 Å². The summed E-state index contributed by atoms with van der Waals surface area (Å²) in [4.78, 5) is 28.3. The van der Waals surface area contributed by atoms with E-state index in [1.165, 1.54) is 12.3 Å². The fraction of sp³-hybridized carbons (Fsp3) is 0.316. The summed E-state index contributed by atoms with van der Waals surface area (Å²) in [6.45, 7) is 0.491. The number of rotatable bonds is 7. The fourth-order valence-electron chi connectivity index (χ4n) is 2.40. The van der Waals surface area contributed by atoms with Crippen LogP contribution in [0.2, 0.25) is 0 Å². The number of amides is 2. The van der Waals surface area contributed by atoms with Crippen molar-refractivity contribution in [2.45, 2.75) is 25.3 Å². The second-order valence-corrected chi connectivity index (χ2v) is 6.03. The van der Waals surface area contributed by atoms with E-state index in [0.717, 1.165) is 24.2 Å². The monoisotopic (exact) mass is 339 g/mol. The Morgan fingerprint density at radius 1 is 1.16 bits per heavy atom. The lowest BCUT2D eigenvalue weighted by Gasteiger charge is -2.07. The van der Waals surface area contributed by atoms with Crippen molar-refractivity contribution in [2.75, 3.05) is 13.7 Å². The lowest BCUT2D eigenvalue weighted by Crippen LogP contribution is -2.28. The Hall–Kier alpha value is -2.89. The van der Waals surface area contributed by atoms with Gasteiger partial charge >= 0.3 is 0 Å². The largest absolute Gasteiger partial charge is 0.497 e. The minimum Gasteiger partial charge on any atom is -0.497 e. The van der Waals surface area contributed by atoms with Crippen LogP contribution >= 0.6 is 0 Å². The zero-order valence-electron chi connectivity index (χ0n) is 14.1. The molecule has 1 aliphatic rings. The number of benzene rings is 1. The summed E-state index contributed by atoms with van der Waals surface area (Å²) < 4.78 is 5.12. The second-order valence-electron chi connectivity index (χ2n) is 6.03. The molecule has 3 rings (SSSR count). The Kier molecular flexibility index (Phi) is 5.28. The molecule has 130 valence electrons. The van der Waals surface area contributed by atoms with Crippen LogP contribution in [0.5, 0.6) is 5.75 Å². The average Bonchev–Trinajstić information content (AvgIpc) is 3.46. The van der Waals surface area contributed by atoms with Gasteiger partial charge in [-0.25, -0.2) is 0 Å². The maximum Gasteiger partial charge on any atom is 0.269 e. The summed E-state index contributed by atoms with van der Waals surface area (Å²) in [5, 5.41) is 5.73. The zero-order chi connectivity index (χ0) is 17.6. The van der Waals surface area contributed by atoms with Crippen molar-refractivity contribution in [3.8, 4) is 5.75 Å². The number of carbonyl (C=O) groups excluding carboxylic acids is 2. The molecule has 1 heterocycles. The molecule has 0 aliphatic heterocycles. The summed E-state index contributed by atoms with van der Waals surface area (Å²) in [7, 11) is 1.63. The third-order valence-electron chi connectivity index (χ3n) is 4.03. The third-order valence-corrected chi connectivity index (χ3v) is 4.03. The van der Waals surface area contributed by atoms with Crippen molar-refractivity contribution in [1.29, 1.82) is 0 Å². The molecule has 1 aliphatic carbocycles. The van der Waals surface area contributed by atoms with Crippen LogP contribution < -0.4 is 15.4 Å². The Balaban J connectivity index is 1.52. The average molecular weight is 339 g/mol. The quantitative estimate of drug-likeness (QED) is 0.808. The van der Waals surface area contributed by atoms with Crippen LogP contribution in [-0.2, 0) is 6.42 Å². The predicted molar refractivity (Wildman–Crippen MR) is 93.8 cm³/mol.